The number of benzene rings is 3. The number of Topliss-reactive ketones (excluding diaryl/α,β-unsaturated/α-hetero) is 1. The minimum absolute atomic E-state index is 0.0191. The summed E-state index contributed by atoms with van der Waals surface area (Å²) in [5.74, 6) is -14.6. The molecule has 0 radical (unpaired) electrons. The van der Waals surface area contributed by atoms with Gasteiger partial charge in [0.2, 0.25) is 34.9 Å². The van der Waals surface area contributed by atoms with Crippen LogP contribution in [0.5, 0.6) is 17.2 Å². The quantitative estimate of drug-likeness (QED) is 0.106. The van der Waals surface area contributed by atoms with Gasteiger partial charge in [0.05, 0.1) is 5.56 Å². The van der Waals surface area contributed by atoms with Crippen LogP contribution in [0.15, 0.2) is 42.2 Å². The van der Waals surface area contributed by atoms with Crippen molar-refractivity contribution in [3.8, 4) is 17.2 Å². The van der Waals surface area contributed by atoms with Crippen molar-refractivity contribution in [1.82, 2.24) is 0 Å². The summed E-state index contributed by atoms with van der Waals surface area (Å²) in [6.45, 7) is 0.382. The molecule has 0 saturated carbocycles. The number of halogens is 6. The number of carbonyl (C=O) groups is 2. The summed E-state index contributed by atoms with van der Waals surface area (Å²) in [4.78, 5) is 24.8. The average Bonchev–Trinajstić information content (AvgIpc) is 3.13. The van der Waals surface area contributed by atoms with Gasteiger partial charge in [-0.3, -0.25) is 4.79 Å². The SMILES string of the molecule is Cc1cc(OC(=O)COc2c(F)c(F)c(F)c(F)c2F)cc2c1C(=O)/C(=C/c1ccccc1Cl)O2. The van der Waals surface area contributed by atoms with E-state index < -0.39 is 53.2 Å². The Morgan fingerprint density at radius 3 is 2.29 bits per heavy atom. The van der Waals surface area contributed by atoms with Gasteiger partial charge in [-0.25, -0.2) is 18.0 Å². The van der Waals surface area contributed by atoms with Gasteiger partial charge in [-0.1, -0.05) is 29.8 Å². The average molecular weight is 511 g/mol. The van der Waals surface area contributed by atoms with Crippen LogP contribution in [0.2, 0.25) is 5.02 Å². The number of ether oxygens (including phenoxy) is 3. The monoisotopic (exact) mass is 510 g/mol. The Morgan fingerprint density at radius 1 is 1.00 bits per heavy atom. The van der Waals surface area contributed by atoms with Crippen LogP contribution in [0, 0.1) is 36.0 Å². The lowest BCUT2D eigenvalue weighted by atomic mass is 10.0. The van der Waals surface area contributed by atoms with Gasteiger partial charge in [0.15, 0.2) is 18.1 Å². The van der Waals surface area contributed by atoms with Crippen LogP contribution in [-0.4, -0.2) is 18.4 Å². The predicted octanol–water partition coefficient (Wildman–Crippen LogP) is 5.94. The van der Waals surface area contributed by atoms with Crippen LogP contribution in [0.3, 0.4) is 0 Å². The molecule has 3 aromatic carbocycles. The highest BCUT2D eigenvalue weighted by Crippen LogP contribution is 2.38. The molecule has 4 rings (SSSR count). The van der Waals surface area contributed by atoms with E-state index in [1.807, 2.05) is 0 Å². The molecule has 1 aliphatic rings. The Kier molecular flexibility index (Phi) is 6.49. The van der Waals surface area contributed by atoms with Crippen LogP contribution in [0.25, 0.3) is 6.08 Å². The van der Waals surface area contributed by atoms with Gasteiger partial charge < -0.3 is 14.2 Å². The van der Waals surface area contributed by atoms with Crippen molar-refractivity contribution < 1.29 is 45.8 Å². The summed E-state index contributed by atoms with van der Waals surface area (Å²) in [5.41, 5.74) is 1.15. The molecule has 0 aromatic heterocycles. The molecule has 0 unspecified atom stereocenters. The number of esters is 1. The van der Waals surface area contributed by atoms with E-state index in [9.17, 15) is 31.5 Å². The lowest BCUT2D eigenvalue weighted by Crippen LogP contribution is -2.19. The summed E-state index contributed by atoms with van der Waals surface area (Å²) in [6, 6.07) is 9.31. The van der Waals surface area contributed by atoms with Crippen LogP contribution in [0.1, 0.15) is 21.5 Å². The molecular weight excluding hydrogens is 499 g/mol. The maximum atomic E-state index is 13.7. The normalized spacial score (nSPS) is 13.6. The van der Waals surface area contributed by atoms with Gasteiger partial charge in [-0.05, 0) is 36.3 Å². The van der Waals surface area contributed by atoms with Crippen LogP contribution in [0.4, 0.5) is 22.0 Å². The van der Waals surface area contributed by atoms with Crippen LogP contribution >= 0.6 is 11.6 Å². The fourth-order valence-corrected chi connectivity index (χ4v) is 3.46. The zero-order valence-corrected chi connectivity index (χ0v) is 18.3. The molecule has 3 aromatic rings. The molecular formula is C24H12ClF5O5. The van der Waals surface area contributed by atoms with E-state index >= 15 is 0 Å². The minimum atomic E-state index is -2.36. The summed E-state index contributed by atoms with van der Waals surface area (Å²) in [6.07, 6.45) is 1.45. The molecule has 0 bridgehead atoms. The third-order valence-electron chi connectivity index (χ3n) is 4.87. The molecule has 35 heavy (non-hydrogen) atoms. The molecule has 5 nitrogen and oxygen atoms in total. The van der Waals surface area contributed by atoms with E-state index in [2.05, 4.69) is 4.74 Å². The Labute approximate surface area is 199 Å². The van der Waals surface area contributed by atoms with Gasteiger partial charge >= 0.3 is 5.97 Å². The molecule has 0 aliphatic carbocycles. The number of rotatable bonds is 5. The van der Waals surface area contributed by atoms with Crippen molar-refractivity contribution in [3.05, 3.63) is 93.0 Å². The van der Waals surface area contributed by atoms with Crippen molar-refractivity contribution in [1.29, 1.82) is 0 Å². The van der Waals surface area contributed by atoms with E-state index in [0.717, 1.165) is 0 Å². The van der Waals surface area contributed by atoms with E-state index in [-0.39, 0.29) is 22.8 Å². The minimum Gasteiger partial charge on any atom is -0.476 e. The van der Waals surface area contributed by atoms with Gasteiger partial charge in [0.1, 0.15) is 11.5 Å². The molecule has 0 atom stereocenters. The smallest absolute Gasteiger partial charge is 0.349 e. The number of hydrogen-bond donors (Lipinski definition) is 0. The van der Waals surface area contributed by atoms with Gasteiger partial charge in [-0.2, -0.15) is 8.78 Å². The molecule has 1 heterocycles. The first-order valence-electron chi connectivity index (χ1n) is 9.76. The number of ketones is 1. The summed E-state index contributed by atoms with van der Waals surface area (Å²) in [7, 11) is 0. The molecule has 0 fully saturated rings. The Hall–Kier alpha value is -3.92. The third-order valence-corrected chi connectivity index (χ3v) is 5.22. The van der Waals surface area contributed by atoms with Crippen LogP contribution < -0.4 is 14.2 Å². The van der Waals surface area contributed by atoms with E-state index in [1.54, 1.807) is 31.2 Å². The molecule has 11 heteroatoms. The maximum Gasteiger partial charge on any atom is 0.349 e. The first-order valence-corrected chi connectivity index (χ1v) is 10.1. The molecule has 0 saturated heterocycles. The number of carbonyl (C=O) groups excluding carboxylic acids is 2. The molecule has 1 aliphatic heterocycles. The molecule has 180 valence electrons. The van der Waals surface area contributed by atoms with E-state index in [1.165, 1.54) is 18.2 Å². The van der Waals surface area contributed by atoms with Crippen molar-refractivity contribution >= 4 is 29.4 Å². The second-order valence-corrected chi connectivity index (χ2v) is 7.64. The van der Waals surface area contributed by atoms with E-state index in [4.69, 9.17) is 21.1 Å². The zero-order valence-electron chi connectivity index (χ0n) is 17.6. The highest BCUT2D eigenvalue weighted by Gasteiger charge is 2.31. The number of fused-ring (bicyclic) bond motifs is 1. The molecule has 0 N–H and O–H groups in total. The molecule has 0 spiro atoms. The lowest BCUT2D eigenvalue weighted by molar-refractivity contribution is -0.136. The second kappa shape index (κ2) is 9.38. The van der Waals surface area contributed by atoms with E-state index in [0.29, 0.717) is 16.1 Å². The number of allylic oxidation sites excluding steroid dienone is 1. The first kappa shape index (κ1) is 24.2. The van der Waals surface area contributed by atoms with Crippen molar-refractivity contribution in [3.63, 3.8) is 0 Å². The Bertz CT molecular complexity index is 1390. The largest absolute Gasteiger partial charge is 0.476 e. The number of aryl methyl sites for hydroxylation is 1. The standard InChI is InChI=1S/C24H12ClF5O5/c1-10-6-12(34-16(31)9-33-24-21(29)19(27)18(26)20(28)22(24)30)8-14-17(10)23(32)15(35-14)7-11-4-2-3-5-13(11)25/h2-8H,9H2,1H3/b15-7-. The summed E-state index contributed by atoms with van der Waals surface area (Å²) >= 11 is 6.11. The number of hydrogen-bond acceptors (Lipinski definition) is 5. The fraction of sp³-hybridized carbons (Fsp3) is 0.0833. The predicted molar refractivity (Wildman–Crippen MR) is 113 cm³/mol. The zero-order chi connectivity index (χ0) is 25.4. The summed E-state index contributed by atoms with van der Waals surface area (Å²) in [5, 5.41) is 0.396. The highest BCUT2D eigenvalue weighted by molar-refractivity contribution is 6.32. The van der Waals surface area contributed by atoms with Gasteiger partial charge in [0.25, 0.3) is 0 Å². The first-order chi connectivity index (χ1) is 16.6. The van der Waals surface area contributed by atoms with Gasteiger partial charge in [-0.15, -0.1) is 0 Å². The van der Waals surface area contributed by atoms with Crippen molar-refractivity contribution in [2.24, 2.45) is 0 Å². The fourth-order valence-electron chi connectivity index (χ4n) is 3.27. The second-order valence-electron chi connectivity index (χ2n) is 7.24. The lowest BCUT2D eigenvalue weighted by Gasteiger charge is -2.11. The maximum absolute atomic E-state index is 13.7. The van der Waals surface area contributed by atoms with Crippen molar-refractivity contribution in [2.45, 2.75) is 6.92 Å². The Balaban J connectivity index is 1.51. The Morgan fingerprint density at radius 2 is 1.63 bits per heavy atom. The third kappa shape index (κ3) is 4.57. The summed E-state index contributed by atoms with van der Waals surface area (Å²) < 4.78 is 82.1. The van der Waals surface area contributed by atoms with Gasteiger partial charge in [0, 0.05) is 11.1 Å². The highest BCUT2D eigenvalue weighted by atomic mass is 35.5. The van der Waals surface area contributed by atoms with Crippen molar-refractivity contribution in [2.75, 3.05) is 6.61 Å². The molecule has 0 amide bonds. The van der Waals surface area contributed by atoms with Crippen LogP contribution in [-0.2, 0) is 4.79 Å². The topological polar surface area (TPSA) is 61.8 Å².